The quantitative estimate of drug-likeness (QED) is 0.869. The Hall–Kier alpha value is -0.600. The first-order chi connectivity index (χ1) is 8.13. The molecule has 0 aliphatic heterocycles. The fraction of sp³-hybridized carbons (Fsp3) is 0.571. The van der Waals surface area contributed by atoms with Crippen molar-refractivity contribution in [3.05, 3.63) is 34.6 Å². The maximum Gasteiger partial charge on any atom is 0.142 e. The van der Waals surface area contributed by atoms with E-state index in [0.717, 1.165) is 12.0 Å². The monoisotopic (exact) mass is 255 g/mol. The van der Waals surface area contributed by atoms with Crippen molar-refractivity contribution in [1.82, 2.24) is 5.32 Å². The van der Waals surface area contributed by atoms with Gasteiger partial charge in [-0.1, -0.05) is 30.7 Å². The molecule has 2 rings (SSSR count). The summed E-state index contributed by atoms with van der Waals surface area (Å²) in [7, 11) is 2.01. The van der Waals surface area contributed by atoms with Crippen molar-refractivity contribution in [3.8, 4) is 0 Å². The van der Waals surface area contributed by atoms with Crippen molar-refractivity contribution in [3.63, 3.8) is 0 Å². The Morgan fingerprint density at radius 3 is 2.82 bits per heavy atom. The van der Waals surface area contributed by atoms with E-state index in [1.807, 2.05) is 13.1 Å². The lowest BCUT2D eigenvalue weighted by Crippen LogP contribution is -2.29. The normalized spacial score (nSPS) is 28.6. The second-order valence-electron chi connectivity index (χ2n) is 5.01. The fourth-order valence-corrected chi connectivity index (χ4v) is 3.13. The van der Waals surface area contributed by atoms with Crippen molar-refractivity contribution in [2.24, 2.45) is 11.8 Å². The standard InChI is InChI=1S/C14H19ClFN/c1-9-10(6-7-13(9)17-2)8-11-4-3-5-12(16)14(11)15/h3-5,9-10,13,17H,6-8H2,1-2H3. The summed E-state index contributed by atoms with van der Waals surface area (Å²) in [5, 5.41) is 3.65. The van der Waals surface area contributed by atoms with Gasteiger partial charge in [0.1, 0.15) is 5.82 Å². The van der Waals surface area contributed by atoms with E-state index in [1.165, 1.54) is 18.9 Å². The number of hydrogen-bond acceptors (Lipinski definition) is 1. The molecular formula is C14H19ClFN. The van der Waals surface area contributed by atoms with Crippen LogP contribution in [0.3, 0.4) is 0 Å². The molecule has 3 atom stereocenters. The van der Waals surface area contributed by atoms with E-state index in [0.29, 0.717) is 22.9 Å². The van der Waals surface area contributed by atoms with Gasteiger partial charge in [0.05, 0.1) is 5.02 Å². The van der Waals surface area contributed by atoms with E-state index >= 15 is 0 Å². The van der Waals surface area contributed by atoms with Crippen LogP contribution in [0.5, 0.6) is 0 Å². The summed E-state index contributed by atoms with van der Waals surface area (Å²) in [6.45, 7) is 2.27. The van der Waals surface area contributed by atoms with Crippen LogP contribution in [0.15, 0.2) is 18.2 Å². The minimum absolute atomic E-state index is 0.299. The molecule has 3 unspecified atom stereocenters. The summed E-state index contributed by atoms with van der Waals surface area (Å²) >= 11 is 6.00. The van der Waals surface area contributed by atoms with Crippen LogP contribution in [0.4, 0.5) is 4.39 Å². The number of benzene rings is 1. The van der Waals surface area contributed by atoms with Crippen molar-refractivity contribution >= 4 is 11.6 Å². The van der Waals surface area contributed by atoms with Gasteiger partial charge in [0.2, 0.25) is 0 Å². The molecule has 0 spiro atoms. The maximum atomic E-state index is 13.3. The summed E-state index contributed by atoms with van der Waals surface area (Å²) in [4.78, 5) is 0. The minimum atomic E-state index is -0.306. The van der Waals surface area contributed by atoms with Gasteiger partial charge in [-0.05, 0) is 49.8 Å². The predicted octanol–water partition coefficient (Wildman–Crippen LogP) is 3.66. The molecule has 0 heterocycles. The lowest BCUT2D eigenvalue weighted by Gasteiger charge is -2.20. The third-order valence-corrected chi connectivity index (χ3v) is 4.53. The van der Waals surface area contributed by atoms with E-state index in [-0.39, 0.29) is 5.82 Å². The highest BCUT2D eigenvalue weighted by atomic mass is 35.5. The number of hydrogen-bond donors (Lipinski definition) is 1. The highest BCUT2D eigenvalue weighted by Crippen LogP contribution is 2.35. The van der Waals surface area contributed by atoms with Crippen LogP contribution >= 0.6 is 11.6 Å². The zero-order valence-corrected chi connectivity index (χ0v) is 11.1. The number of rotatable bonds is 3. The van der Waals surface area contributed by atoms with Crippen LogP contribution in [0.2, 0.25) is 5.02 Å². The molecule has 3 heteroatoms. The Kier molecular flexibility index (Phi) is 4.05. The highest BCUT2D eigenvalue weighted by Gasteiger charge is 2.31. The van der Waals surface area contributed by atoms with Crippen LogP contribution < -0.4 is 5.32 Å². The number of halogens is 2. The summed E-state index contributed by atoms with van der Waals surface area (Å²) in [6, 6.07) is 5.68. The van der Waals surface area contributed by atoms with Gasteiger partial charge in [-0.3, -0.25) is 0 Å². The molecule has 0 saturated heterocycles. The summed E-state index contributed by atoms with van der Waals surface area (Å²) in [6.07, 6.45) is 3.28. The van der Waals surface area contributed by atoms with Gasteiger partial charge >= 0.3 is 0 Å². The van der Waals surface area contributed by atoms with Crippen LogP contribution in [0.25, 0.3) is 0 Å². The Morgan fingerprint density at radius 1 is 1.41 bits per heavy atom. The van der Waals surface area contributed by atoms with E-state index in [1.54, 1.807) is 6.07 Å². The van der Waals surface area contributed by atoms with Crippen LogP contribution in [0, 0.1) is 17.7 Å². The van der Waals surface area contributed by atoms with Crippen LogP contribution in [-0.4, -0.2) is 13.1 Å². The smallest absolute Gasteiger partial charge is 0.142 e. The van der Waals surface area contributed by atoms with Gasteiger partial charge < -0.3 is 5.32 Å². The predicted molar refractivity (Wildman–Crippen MR) is 69.8 cm³/mol. The highest BCUT2D eigenvalue weighted by molar-refractivity contribution is 6.31. The molecule has 1 aliphatic rings. The molecule has 1 fully saturated rings. The SMILES string of the molecule is CNC1CCC(Cc2cccc(F)c2Cl)C1C. The maximum absolute atomic E-state index is 13.3. The van der Waals surface area contributed by atoms with Gasteiger partial charge in [-0.2, -0.15) is 0 Å². The van der Waals surface area contributed by atoms with Gasteiger partial charge in [0, 0.05) is 6.04 Å². The molecule has 0 aromatic heterocycles. The lowest BCUT2D eigenvalue weighted by molar-refractivity contribution is 0.364. The molecule has 1 saturated carbocycles. The van der Waals surface area contributed by atoms with Crippen LogP contribution in [-0.2, 0) is 6.42 Å². The lowest BCUT2D eigenvalue weighted by atomic mass is 9.89. The third-order valence-electron chi connectivity index (χ3n) is 4.11. The fourth-order valence-electron chi connectivity index (χ4n) is 2.93. The molecule has 0 bridgehead atoms. The second-order valence-corrected chi connectivity index (χ2v) is 5.39. The Labute approximate surface area is 107 Å². The first-order valence-electron chi connectivity index (χ1n) is 6.23. The van der Waals surface area contributed by atoms with Gasteiger partial charge in [0.15, 0.2) is 0 Å². The van der Waals surface area contributed by atoms with E-state index in [9.17, 15) is 4.39 Å². The first-order valence-corrected chi connectivity index (χ1v) is 6.61. The average Bonchev–Trinajstić information content (AvgIpc) is 2.66. The van der Waals surface area contributed by atoms with Crippen molar-refractivity contribution in [1.29, 1.82) is 0 Å². The Bertz CT molecular complexity index is 394. The molecule has 0 radical (unpaired) electrons. The Balaban J connectivity index is 2.09. The van der Waals surface area contributed by atoms with Crippen molar-refractivity contribution < 1.29 is 4.39 Å². The van der Waals surface area contributed by atoms with E-state index in [4.69, 9.17) is 11.6 Å². The van der Waals surface area contributed by atoms with Crippen LogP contribution in [0.1, 0.15) is 25.3 Å². The zero-order chi connectivity index (χ0) is 12.4. The second kappa shape index (κ2) is 5.36. The van der Waals surface area contributed by atoms with Crippen molar-refractivity contribution in [2.45, 2.75) is 32.2 Å². The summed E-state index contributed by atoms with van der Waals surface area (Å²) < 4.78 is 13.3. The molecule has 1 aliphatic carbocycles. The van der Waals surface area contributed by atoms with Crippen molar-refractivity contribution in [2.75, 3.05) is 7.05 Å². The molecule has 1 N–H and O–H groups in total. The molecule has 17 heavy (non-hydrogen) atoms. The minimum Gasteiger partial charge on any atom is -0.317 e. The van der Waals surface area contributed by atoms with E-state index < -0.39 is 0 Å². The summed E-state index contributed by atoms with van der Waals surface area (Å²) in [5.41, 5.74) is 0.945. The Morgan fingerprint density at radius 2 is 2.18 bits per heavy atom. The van der Waals surface area contributed by atoms with Gasteiger partial charge in [-0.25, -0.2) is 4.39 Å². The molecule has 0 amide bonds. The van der Waals surface area contributed by atoms with Gasteiger partial charge in [0.25, 0.3) is 0 Å². The molecule has 1 aromatic carbocycles. The molecule has 1 aromatic rings. The third kappa shape index (κ3) is 2.63. The molecule has 1 nitrogen and oxygen atoms in total. The molecule has 94 valence electrons. The molecular weight excluding hydrogens is 237 g/mol. The van der Waals surface area contributed by atoms with Gasteiger partial charge in [-0.15, -0.1) is 0 Å². The number of nitrogens with one attached hydrogen (secondary N) is 1. The topological polar surface area (TPSA) is 12.0 Å². The first kappa shape index (κ1) is 12.8. The van der Waals surface area contributed by atoms with E-state index in [2.05, 4.69) is 12.2 Å². The summed E-state index contributed by atoms with van der Waals surface area (Å²) in [5.74, 6) is 0.922. The average molecular weight is 256 g/mol. The zero-order valence-electron chi connectivity index (χ0n) is 10.3. The largest absolute Gasteiger partial charge is 0.317 e.